The molecule has 1 amide bonds. The molecule has 0 radical (unpaired) electrons. The van der Waals surface area contributed by atoms with Gasteiger partial charge in [-0.15, -0.1) is 0 Å². The molecule has 1 aliphatic heterocycles. The number of amides is 1. The van der Waals surface area contributed by atoms with E-state index < -0.39 is 0 Å². The van der Waals surface area contributed by atoms with Gasteiger partial charge in [-0.3, -0.25) is 14.5 Å². The molecular formula is C11H16IN5O2. The summed E-state index contributed by atoms with van der Waals surface area (Å²) >= 11 is 1.98. The van der Waals surface area contributed by atoms with Gasteiger partial charge in [0.25, 0.3) is 5.56 Å². The Kier molecular flexibility index (Phi) is 4.75. The number of halogens is 1. The zero-order valence-electron chi connectivity index (χ0n) is 10.4. The van der Waals surface area contributed by atoms with E-state index in [0.717, 1.165) is 25.9 Å². The van der Waals surface area contributed by atoms with E-state index in [-0.39, 0.29) is 17.5 Å². The monoisotopic (exact) mass is 377 g/mol. The summed E-state index contributed by atoms with van der Waals surface area (Å²) < 4.78 is 0.569. The van der Waals surface area contributed by atoms with Gasteiger partial charge < -0.3 is 16.0 Å². The average molecular weight is 377 g/mol. The number of primary amides is 1. The number of piperidine rings is 1. The number of hydrogen-bond acceptors (Lipinski definition) is 5. The lowest BCUT2D eigenvalue weighted by atomic mass is 10.1. The van der Waals surface area contributed by atoms with Gasteiger partial charge in [0, 0.05) is 19.1 Å². The third-order valence-electron chi connectivity index (χ3n) is 3.10. The van der Waals surface area contributed by atoms with Crippen LogP contribution in [0.25, 0.3) is 0 Å². The zero-order valence-corrected chi connectivity index (χ0v) is 12.5. The highest BCUT2D eigenvalue weighted by Gasteiger charge is 2.21. The van der Waals surface area contributed by atoms with Crippen LogP contribution in [-0.2, 0) is 4.79 Å². The summed E-state index contributed by atoms with van der Waals surface area (Å²) in [6.45, 7) is 1.95. The Bertz CT molecular complexity index is 510. The lowest BCUT2D eigenvalue weighted by molar-refractivity contribution is -0.119. The molecule has 1 aliphatic rings. The van der Waals surface area contributed by atoms with Crippen LogP contribution in [0.1, 0.15) is 12.8 Å². The van der Waals surface area contributed by atoms with Crippen molar-refractivity contribution in [2.75, 3.05) is 25.0 Å². The molecule has 19 heavy (non-hydrogen) atoms. The molecular weight excluding hydrogens is 361 g/mol. The normalized spacial score (nSPS) is 17.3. The van der Waals surface area contributed by atoms with Crippen LogP contribution in [-0.4, -0.2) is 46.5 Å². The minimum absolute atomic E-state index is 0.135. The molecule has 104 valence electrons. The molecule has 4 N–H and O–H groups in total. The van der Waals surface area contributed by atoms with Crippen molar-refractivity contribution in [3.05, 3.63) is 20.3 Å². The van der Waals surface area contributed by atoms with Gasteiger partial charge in [0.15, 0.2) is 0 Å². The summed E-state index contributed by atoms with van der Waals surface area (Å²) in [5, 5.41) is 3.28. The Morgan fingerprint density at radius 3 is 2.89 bits per heavy atom. The molecule has 7 nitrogen and oxygen atoms in total. The summed E-state index contributed by atoms with van der Waals surface area (Å²) in [6.07, 6.45) is 3.20. The number of H-pyrrole nitrogens is 1. The molecule has 1 saturated heterocycles. The third kappa shape index (κ3) is 3.90. The number of nitrogens with zero attached hydrogens (tertiary/aromatic N) is 2. The molecule has 2 rings (SSSR count). The fraction of sp³-hybridized carbons (Fsp3) is 0.545. The lowest BCUT2D eigenvalue weighted by Crippen LogP contribution is -2.43. The quantitative estimate of drug-likeness (QED) is 0.627. The number of aromatic amines is 1. The number of hydrogen-bond donors (Lipinski definition) is 3. The number of likely N-dealkylation sites (tertiary alicyclic amines) is 1. The number of nitrogens with one attached hydrogen (secondary N) is 2. The second-order valence-electron chi connectivity index (χ2n) is 4.56. The first-order valence-corrected chi connectivity index (χ1v) is 7.14. The van der Waals surface area contributed by atoms with E-state index in [9.17, 15) is 9.59 Å². The highest BCUT2D eigenvalue weighted by Crippen LogP contribution is 2.16. The number of rotatable bonds is 4. The van der Waals surface area contributed by atoms with Crippen molar-refractivity contribution in [1.82, 2.24) is 14.9 Å². The fourth-order valence-corrected chi connectivity index (χ4v) is 2.58. The minimum atomic E-state index is -0.294. The maximum absolute atomic E-state index is 11.5. The van der Waals surface area contributed by atoms with Gasteiger partial charge in [-0.25, -0.2) is 4.98 Å². The van der Waals surface area contributed by atoms with Crippen LogP contribution in [0.5, 0.6) is 0 Å². The number of anilines is 1. The molecule has 1 fully saturated rings. The van der Waals surface area contributed by atoms with E-state index in [0.29, 0.717) is 15.9 Å². The van der Waals surface area contributed by atoms with Gasteiger partial charge in [-0.1, -0.05) is 0 Å². The molecule has 0 unspecified atom stereocenters. The summed E-state index contributed by atoms with van der Waals surface area (Å²) in [7, 11) is 0. The molecule has 0 atom stereocenters. The summed E-state index contributed by atoms with van der Waals surface area (Å²) in [5.41, 5.74) is 5.04. The molecule has 0 saturated carbocycles. The van der Waals surface area contributed by atoms with Crippen molar-refractivity contribution in [3.8, 4) is 0 Å². The molecule has 1 aromatic rings. The molecule has 1 aromatic heterocycles. The summed E-state index contributed by atoms with van der Waals surface area (Å²) in [6, 6.07) is 0.270. The summed E-state index contributed by atoms with van der Waals surface area (Å²) in [4.78, 5) is 31.0. The Hall–Kier alpha value is -1.16. The maximum Gasteiger partial charge on any atom is 0.266 e. The lowest BCUT2D eigenvalue weighted by Gasteiger charge is -2.31. The number of nitrogens with two attached hydrogens (primary N) is 1. The second kappa shape index (κ2) is 6.33. The van der Waals surface area contributed by atoms with E-state index in [1.807, 2.05) is 27.5 Å². The number of aromatic nitrogens is 2. The van der Waals surface area contributed by atoms with Gasteiger partial charge in [-0.05, 0) is 35.4 Å². The smallest absolute Gasteiger partial charge is 0.266 e. The van der Waals surface area contributed by atoms with Gasteiger partial charge in [0.1, 0.15) is 9.39 Å². The average Bonchev–Trinajstić information content (AvgIpc) is 2.37. The molecule has 0 bridgehead atoms. The van der Waals surface area contributed by atoms with E-state index in [1.54, 1.807) is 0 Å². The number of carbonyl (C=O) groups is 1. The van der Waals surface area contributed by atoms with Crippen LogP contribution in [0.2, 0.25) is 0 Å². The predicted molar refractivity (Wildman–Crippen MR) is 79.9 cm³/mol. The first-order chi connectivity index (χ1) is 9.06. The predicted octanol–water partition coefficient (Wildman–Crippen LogP) is -0.264. The van der Waals surface area contributed by atoms with Crippen LogP contribution in [0.4, 0.5) is 5.82 Å². The third-order valence-corrected chi connectivity index (χ3v) is 4.11. The van der Waals surface area contributed by atoms with Crippen LogP contribution in [0.15, 0.2) is 11.1 Å². The largest absolute Gasteiger partial charge is 0.369 e. The Labute approximate surface area is 124 Å². The topological polar surface area (TPSA) is 104 Å². The molecule has 2 heterocycles. The van der Waals surface area contributed by atoms with Crippen molar-refractivity contribution >= 4 is 34.3 Å². The highest BCUT2D eigenvalue weighted by atomic mass is 127. The van der Waals surface area contributed by atoms with E-state index in [4.69, 9.17) is 5.73 Å². The van der Waals surface area contributed by atoms with Crippen molar-refractivity contribution in [3.63, 3.8) is 0 Å². The van der Waals surface area contributed by atoms with Crippen LogP contribution in [0.3, 0.4) is 0 Å². The van der Waals surface area contributed by atoms with E-state index in [2.05, 4.69) is 15.3 Å². The first-order valence-electron chi connectivity index (χ1n) is 6.06. The van der Waals surface area contributed by atoms with Crippen LogP contribution < -0.4 is 16.6 Å². The highest BCUT2D eigenvalue weighted by molar-refractivity contribution is 14.1. The van der Waals surface area contributed by atoms with Crippen LogP contribution >= 0.6 is 22.6 Å². The van der Waals surface area contributed by atoms with Gasteiger partial charge in [-0.2, -0.15) is 0 Å². The second-order valence-corrected chi connectivity index (χ2v) is 5.63. The van der Waals surface area contributed by atoms with Gasteiger partial charge in [0.05, 0.1) is 12.9 Å². The molecule has 0 spiro atoms. The SMILES string of the molecule is NC(=O)CN1CCC(Nc2nc[nH]c(=O)c2I)CC1. The Balaban J connectivity index is 1.90. The molecule has 0 aliphatic carbocycles. The van der Waals surface area contributed by atoms with Crippen molar-refractivity contribution in [2.45, 2.75) is 18.9 Å². The Morgan fingerprint density at radius 1 is 1.58 bits per heavy atom. The van der Waals surface area contributed by atoms with Crippen molar-refractivity contribution in [2.24, 2.45) is 5.73 Å². The van der Waals surface area contributed by atoms with Crippen molar-refractivity contribution < 1.29 is 4.79 Å². The molecule has 0 aromatic carbocycles. The standard InChI is InChI=1S/C11H16IN5O2/c12-9-10(14-6-15-11(9)19)16-7-1-3-17(4-2-7)5-8(13)18/h6-7H,1-5H2,(H2,13,18)(H2,14,15,16,19). The van der Waals surface area contributed by atoms with E-state index in [1.165, 1.54) is 6.33 Å². The van der Waals surface area contributed by atoms with Crippen molar-refractivity contribution in [1.29, 1.82) is 0 Å². The zero-order chi connectivity index (χ0) is 13.8. The fourth-order valence-electron chi connectivity index (χ4n) is 2.13. The Morgan fingerprint density at radius 2 is 2.26 bits per heavy atom. The minimum Gasteiger partial charge on any atom is -0.369 e. The van der Waals surface area contributed by atoms with E-state index >= 15 is 0 Å². The molecule has 8 heteroatoms. The van der Waals surface area contributed by atoms with Gasteiger partial charge >= 0.3 is 0 Å². The number of carbonyl (C=O) groups excluding carboxylic acids is 1. The maximum atomic E-state index is 11.5. The summed E-state index contributed by atoms with van der Waals surface area (Å²) in [5.74, 6) is 0.329. The van der Waals surface area contributed by atoms with Gasteiger partial charge in [0.2, 0.25) is 5.91 Å². The van der Waals surface area contributed by atoms with Crippen LogP contribution in [0, 0.1) is 3.57 Å². The first kappa shape index (κ1) is 14.3.